The second-order valence-electron chi connectivity index (χ2n) is 3.89. The van der Waals surface area contributed by atoms with Gasteiger partial charge in [-0.2, -0.15) is 0 Å². The van der Waals surface area contributed by atoms with Crippen molar-refractivity contribution < 1.29 is 4.79 Å². The maximum Gasteiger partial charge on any atom is 0.318 e. The van der Waals surface area contributed by atoms with Gasteiger partial charge in [0.1, 0.15) is 0 Å². The summed E-state index contributed by atoms with van der Waals surface area (Å²) in [6.45, 7) is 0.782. The van der Waals surface area contributed by atoms with E-state index in [0.717, 1.165) is 21.7 Å². The van der Waals surface area contributed by atoms with Crippen LogP contribution in [0.3, 0.4) is 0 Å². The minimum Gasteiger partial charge on any atom is -0.381 e. The van der Waals surface area contributed by atoms with Crippen LogP contribution in [-0.2, 0) is 6.54 Å². The Bertz CT molecular complexity index is 553. The number of halogens is 1. The lowest BCUT2D eigenvalue weighted by Crippen LogP contribution is -2.24. The molecule has 0 radical (unpaired) electrons. The zero-order valence-electron chi connectivity index (χ0n) is 10.4. The quantitative estimate of drug-likeness (QED) is 0.791. The minimum absolute atomic E-state index is 0.219. The Hall–Kier alpha value is -1.53. The summed E-state index contributed by atoms with van der Waals surface area (Å²) >= 11 is 5.12. The first kappa shape index (κ1) is 13.9. The van der Waals surface area contributed by atoms with E-state index in [-0.39, 0.29) is 6.03 Å². The highest BCUT2D eigenvalue weighted by Crippen LogP contribution is 2.21. The van der Waals surface area contributed by atoms with Crippen LogP contribution in [0, 0.1) is 0 Å². The first-order valence-electron chi connectivity index (χ1n) is 5.73. The fraction of sp³-hybridized carbons (Fsp3) is 0.154. The van der Waals surface area contributed by atoms with Gasteiger partial charge in [0, 0.05) is 25.0 Å². The number of carbonyl (C=O) groups excluding carboxylic acids is 1. The number of urea groups is 1. The number of rotatable bonds is 4. The molecule has 2 amide bonds. The Kier molecular flexibility index (Phi) is 4.81. The number of benzene rings is 1. The molecule has 1 aromatic carbocycles. The van der Waals surface area contributed by atoms with Crippen LogP contribution in [-0.4, -0.2) is 13.1 Å². The summed E-state index contributed by atoms with van der Waals surface area (Å²) < 4.78 is 1.13. The van der Waals surface area contributed by atoms with Gasteiger partial charge in [-0.25, -0.2) is 4.79 Å². The summed E-state index contributed by atoms with van der Waals surface area (Å²) in [5.74, 6) is 0. The fourth-order valence-electron chi connectivity index (χ4n) is 1.51. The highest BCUT2D eigenvalue weighted by molar-refractivity contribution is 9.11. The average Bonchev–Trinajstić information content (AvgIpc) is 2.83. The molecule has 0 aliphatic carbocycles. The first-order chi connectivity index (χ1) is 9.17. The van der Waals surface area contributed by atoms with Crippen molar-refractivity contribution in [1.82, 2.24) is 5.32 Å². The van der Waals surface area contributed by atoms with Gasteiger partial charge in [0.05, 0.1) is 3.79 Å². The van der Waals surface area contributed by atoms with Crippen molar-refractivity contribution >= 4 is 44.7 Å². The molecule has 1 aromatic heterocycles. The molecule has 0 saturated heterocycles. The van der Waals surface area contributed by atoms with E-state index >= 15 is 0 Å². The Morgan fingerprint density at radius 2 is 1.95 bits per heavy atom. The lowest BCUT2D eigenvalue weighted by atomic mass is 10.2. The summed E-state index contributed by atoms with van der Waals surface area (Å²) in [7, 11) is 1.59. The highest BCUT2D eigenvalue weighted by atomic mass is 79.9. The van der Waals surface area contributed by atoms with Crippen LogP contribution < -0.4 is 16.0 Å². The predicted octanol–water partition coefficient (Wildman–Crippen LogP) is 3.87. The molecule has 0 fully saturated rings. The number of anilines is 2. The molecule has 0 saturated carbocycles. The number of thiophene rings is 1. The molecule has 0 unspecified atom stereocenters. The smallest absolute Gasteiger partial charge is 0.318 e. The fourth-order valence-corrected chi connectivity index (χ4v) is 2.72. The third kappa shape index (κ3) is 4.25. The Balaban J connectivity index is 1.89. The average molecular weight is 340 g/mol. The molecular formula is C13H14BrN3OS. The largest absolute Gasteiger partial charge is 0.381 e. The van der Waals surface area contributed by atoms with Crippen LogP contribution in [0.15, 0.2) is 39.5 Å². The van der Waals surface area contributed by atoms with Crippen LogP contribution in [0.4, 0.5) is 16.2 Å². The maximum atomic E-state index is 11.1. The van der Waals surface area contributed by atoms with E-state index in [1.165, 1.54) is 5.56 Å². The van der Waals surface area contributed by atoms with E-state index in [1.807, 2.05) is 24.3 Å². The molecule has 2 aromatic rings. The van der Waals surface area contributed by atoms with Gasteiger partial charge in [0.15, 0.2) is 0 Å². The van der Waals surface area contributed by atoms with Gasteiger partial charge in [-0.1, -0.05) is 0 Å². The van der Waals surface area contributed by atoms with Crippen LogP contribution in [0.2, 0.25) is 0 Å². The minimum atomic E-state index is -0.219. The van der Waals surface area contributed by atoms with Crippen molar-refractivity contribution in [3.05, 3.63) is 45.1 Å². The molecule has 0 bridgehead atoms. The second kappa shape index (κ2) is 6.58. The zero-order valence-corrected chi connectivity index (χ0v) is 12.8. The van der Waals surface area contributed by atoms with E-state index in [9.17, 15) is 4.79 Å². The summed E-state index contributed by atoms with van der Waals surface area (Å²) in [4.78, 5) is 11.1. The summed E-state index contributed by atoms with van der Waals surface area (Å²) in [6, 6.07) is 9.48. The van der Waals surface area contributed by atoms with Crippen molar-refractivity contribution in [2.75, 3.05) is 17.7 Å². The Labute approximate surface area is 124 Å². The SMILES string of the molecule is CNC(=O)Nc1ccc(NCc2csc(Br)c2)cc1. The molecule has 4 nitrogen and oxygen atoms in total. The molecule has 3 N–H and O–H groups in total. The van der Waals surface area contributed by atoms with Crippen molar-refractivity contribution in [2.24, 2.45) is 0 Å². The molecule has 0 atom stereocenters. The van der Waals surface area contributed by atoms with Crippen LogP contribution in [0.25, 0.3) is 0 Å². The van der Waals surface area contributed by atoms with Gasteiger partial charge in [-0.05, 0) is 57.2 Å². The molecule has 2 rings (SSSR count). The highest BCUT2D eigenvalue weighted by Gasteiger charge is 2.00. The molecule has 19 heavy (non-hydrogen) atoms. The zero-order chi connectivity index (χ0) is 13.7. The van der Waals surface area contributed by atoms with E-state index in [4.69, 9.17) is 0 Å². The summed E-state index contributed by atoms with van der Waals surface area (Å²) in [6.07, 6.45) is 0. The van der Waals surface area contributed by atoms with E-state index in [0.29, 0.717) is 0 Å². The van der Waals surface area contributed by atoms with Gasteiger partial charge in [0.25, 0.3) is 0 Å². The number of amides is 2. The third-order valence-corrected chi connectivity index (χ3v) is 4.04. The number of carbonyl (C=O) groups is 1. The number of hydrogen-bond donors (Lipinski definition) is 3. The van der Waals surface area contributed by atoms with Gasteiger partial charge in [0.2, 0.25) is 0 Å². The molecule has 6 heteroatoms. The molecular weight excluding hydrogens is 326 g/mol. The topological polar surface area (TPSA) is 53.2 Å². The third-order valence-electron chi connectivity index (χ3n) is 2.49. The molecule has 0 aliphatic rings. The molecule has 0 spiro atoms. The van der Waals surface area contributed by atoms with Gasteiger partial charge in [-0.15, -0.1) is 11.3 Å². The maximum absolute atomic E-state index is 11.1. The normalized spacial score (nSPS) is 10.0. The van der Waals surface area contributed by atoms with Crippen LogP contribution in [0.1, 0.15) is 5.56 Å². The van der Waals surface area contributed by atoms with Crippen molar-refractivity contribution in [3.8, 4) is 0 Å². The van der Waals surface area contributed by atoms with Crippen molar-refractivity contribution in [1.29, 1.82) is 0 Å². The lowest BCUT2D eigenvalue weighted by Gasteiger charge is -2.07. The van der Waals surface area contributed by atoms with Gasteiger partial charge < -0.3 is 16.0 Å². The van der Waals surface area contributed by atoms with E-state index in [1.54, 1.807) is 18.4 Å². The Morgan fingerprint density at radius 3 is 2.53 bits per heavy atom. The van der Waals surface area contributed by atoms with Crippen LogP contribution >= 0.6 is 27.3 Å². The summed E-state index contributed by atoms with van der Waals surface area (Å²) in [5, 5.41) is 10.7. The van der Waals surface area contributed by atoms with Gasteiger partial charge in [-0.3, -0.25) is 0 Å². The Morgan fingerprint density at radius 1 is 1.26 bits per heavy atom. The monoisotopic (exact) mass is 339 g/mol. The van der Waals surface area contributed by atoms with E-state index in [2.05, 4.69) is 43.3 Å². The van der Waals surface area contributed by atoms with E-state index < -0.39 is 0 Å². The van der Waals surface area contributed by atoms with Gasteiger partial charge >= 0.3 is 6.03 Å². The first-order valence-corrected chi connectivity index (χ1v) is 7.40. The standard InChI is InChI=1S/C13H14BrN3OS/c1-15-13(18)17-11-4-2-10(3-5-11)16-7-9-6-12(14)19-8-9/h2-6,8,16H,7H2,1H3,(H2,15,17,18). The lowest BCUT2D eigenvalue weighted by molar-refractivity contribution is 0.254. The number of nitrogens with one attached hydrogen (secondary N) is 3. The predicted molar refractivity (Wildman–Crippen MR) is 83.9 cm³/mol. The molecule has 1 heterocycles. The molecule has 0 aliphatic heterocycles. The summed E-state index contributed by atoms with van der Waals surface area (Å²) in [5.41, 5.74) is 3.03. The second-order valence-corrected chi connectivity index (χ2v) is 6.18. The van der Waals surface area contributed by atoms with Crippen molar-refractivity contribution in [3.63, 3.8) is 0 Å². The molecule has 100 valence electrons. The van der Waals surface area contributed by atoms with Crippen molar-refractivity contribution in [2.45, 2.75) is 6.54 Å². The van der Waals surface area contributed by atoms with Crippen LogP contribution in [0.5, 0.6) is 0 Å². The number of hydrogen-bond acceptors (Lipinski definition) is 3.